The minimum atomic E-state index is 0.274. The lowest BCUT2D eigenvalue weighted by Gasteiger charge is -2.63. The van der Waals surface area contributed by atoms with Gasteiger partial charge in [0.2, 0.25) is 0 Å². The van der Waals surface area contributed by atoms with Crippen LogP contribution in [0.3, 0.4) is 0 Å². The number of hydrogen-bond acceptors (Lipinski definition) is 3. The third-order valence-electron chi connectivity index (χ3n) is 12.3. The summed E-state index contributed by atoms with van der Waals surface area (Å²) in [6, 6.07) is 59.0. The molecule has 4 fully saturated rings. The quantitative estimate of drug-likeness (QED) is 0.169. The first-order chi connectivity index (χ1) is 25.6. The molecule has 2 unspecified atom stereocenters. The van der Waals surface area contributed by atoms with Gasteiger partial charge in [-0.15, -0.1) is 0 Å². The molecule has 1 aromatic heterocycles. The summed E-state index contributed by atoms with van der Waals surface area (Å²) in [5, 5.41) is 0. The summed E-state index contributed by atoms with van der Waals surface area (Å²) in [6.07, 6.45) is 8.06. The Morgan fingerprint density at radius 3 is 1.00 bits per heavy atom. The Morgan fingerprint density at radius 1 is 0.327 bits per heavy atom. The smallest absolute Gasteiger partial charge is 0.164 e. The molecule has 0 radical (unpaired) electrons. The van der Waals surface area contributed by atoms with Crippen molar-refractivity contribution in [3.05, 3.63) is 175 Å². The number of nitrogens with zero attached hydrogens (tertiary/aromatic N) is 3. The van der Waals surface area contributed by atoms with Crippen LogP contribution in [0.4, 0.5) is 0 Å². The Balaban J connectivity index is 0.923. The predicted octanol–water partition coefficient (Wildman–Crippen LogP) is 12.0. The van der Waals surface area contributed by atoms with E-state index in [0.29, 0.717) is 22.9 Å². The van der Waals surface area contributed by atoms with Crippen LogP contribution in [0.1, 0.15) is 49.7 Å². The van der Waals surface area contributed by atoms with Gasteiger partial charge in [-0.25, -0.2) is 15.0 Å². The summed E-state index contributed by atoms with van der Waals surface area (Å²) in [5.41, 5.74) is 11.7. The van der Waals surface area contributed by atoms with E-state index < -0.39 is 0 Å². The maximum atomic E-state index is 4.93. The molecule has 52 heavy (non-hydrogen) atoms. The molecule has 252 valence electrons. The van der Waals surface area contributed by atoms with Crippen LogP contribution in [0, 0.1) is 11.8 Å². The molecule has 0 amide bonds. The second-order valence-corrected chi connectivity index (χ2v) is 15.7. The zero-order valence-corrected chi connectivity index (χ0v) is 29.3. The normalized spacial score (nSPS) is 23.1. The van der Waals surface area contributed by atoms with Crippen LogP contribution in [0.5, 0.6) is 0 Å². The third-order valence-corrected chi connectivity index (χ3v) is 12.3. The maximum Gasteiger partial charge on any atom is 0.164 e. The van der Waals surface area contributed by atoms with Gasteiger partial charge in [-0.2, -0.15) is 0 Å². The second kappa shape index (κ2) is 12.5. The lowest BCUT2D eigenvalue weighted by atomic mass is 9.41. The van der Waals surface area contributed by atoms with E-state index in [9.17, 15) is 0 Å². The molecule has 4 bridgehead atoms. The van der Waals surface area contributed by atoms with E-state index in [1.807, 2.05) is 60.7 Å². The highest BCUT2D eigenvalue weighted by Gasteiger charge is 2.58. The summed E-state index contributed by atoms with van der Waals surface area (Å²) < 4.78 is 0. The number of hydrogen-bond donors (Lipinski definition) is 0. The molecule has 3 heteroatoms. The van der Waals surface area contributed by atoms with Crippen molar-refractivity contribution in [2.75, 3.05) is 0 Å². The summed E-state index contributed by atoms with van der Waals surface area (Å²) in [5.74, 6) is 3.68. The fraction of sp³-hybridized carbons (Fsp3) is 0.204. The lowest BCUT2D eigenvalue weighted by Crippen LogP contribution is -2.55. The van der Waals surface area contributed by atoms with Crippen LogP contribution < -0.4 is 0 Å². The van der Waals surface area contributed by atoms with E-state index >= 15 is 0 Å². The molecule has 3 nitrogen and oxygen atoms in total. The van der Waals surface area contributed by atoms with Crippen molar-refractivity contribution in [3.63, 3.8) is 0 Å². The Labute approximate surface area is 306 Å². The van der Waals surface area contributed by atoms with Gasteiger partial charge in [-0.1, -0.05) is 164 Å². The molecule has 0 N–H and O–H groups in total. The largest absolute Gasteiger partial charge is 0.208 e. The van der Waals surface area contributed by atoms with Crippen molar-refractivity contribution >= 4 is 0 Å². The van der Waals surface area contributed by atoms with Crippen LogP contribution in [0.15, 0.2) is 164 Å². The van der Waals surface area contributed by atoms with Gasteiger partial charge < -0.3 is 0 Å². The first-order valence-corrected chi connectivity index (χ1v) is 18.9. The van der Waals surface area contributed by atoms with E-state index in [0.717, 1.165) is 28.5 Å². The molecule has 0 aliphatic heterocycles. The second-order valence-electron chi connectivity index (χ2n) is 15.7. The van der Waals surface area contributed by atoms with Crippen LogP contribution in [-0.4, -0.2) is 15.0 Å². The minimum absolute atomic E-state index is 0.274. The van der Waals surface area contributed by atoms with Gasteiger partial charge >= 0.3 is 0 Å². The SMILES string of the molecule is c1ccc(-c2ccc(C34CC5CC(C3)CC(c3ccc(-c6ccc(-c7nc(-c8ccccc8)nc(-c8ccccc8)n7)cc6)cc3)(C5)C4)cc2)cc1. The Hall–Kier alpha value is -5.67. The van der Waals surface area contributed by atoms with Gasteiger partial charge in [0.25, 0.3) is 0 Å². The van der Waals surface area contributed by atoms with Crippen molar-refractivity contribution in [1.29, 1.82) is 0 Å². The van der Waals surface area contributed by atoms with Crippen molar-refractivity contribution < 1.29 is 0 Å². The summed E-state index contributed by atoms with van der Waals surface area (Å²) in [6.45, 7) is 0. The fourth-order valence-corrected chi connectivity index (χ4v) is 10.4. The van der Waals surface area contributed by atoms with Crippen molar-refractivity contribution in [3.8, 4) is 56.4 Å². The Kier molecular flexibility index (Phi) is 7.49. The van der Waals surface area contributed by atoms with Crippen molar-refractivity contribution in [1.82, 2.24) is 15.0 Å². The zero-order chi connectivity index (χ0) is 34.5. The molecule has 1 heterocycles. The fourth-order valence-electron chi connectivity index (χ4n) is 10.4. The van der Waals surface area contributed by atoms with Crippen LogP contribution in [0.2, 0.25) is 0 Å². The highest BCUT2D eigenvalue weighted by molar-refractivity contribution is 5.71. The molecule has 4 saturated carbocycles. The first-order valence-electron chi connectivity index (χ1n) is 18.9. The van der Waals surface area contributed by atoms with E-state index in [4.69, 9.17) is 15.0 Å². The predicted molar refractivity (Wildman–Crippen MR) is 211 cm³/mol. The monoisotopic (exact) mass is 671 g/mol. The molecule has 4 aliphatic carbocycles. The van der Waals surface area contributed by atoms with Gasteiger partial charge in [0.05, 0.1) is 0 Å². The highest BCUT2D eigenvalue weighted by Crippen LogP contribution is 2.66. The van der Waals surface area contributed by atoms with Crippen molar-refractivity contribution in [2.24, 2.45) is 11.8 Å². The molecule has 4 aliphatic rings. The lowest BCUT2D eigenvalue weighted by molar-refractivity contribution is -0.0281. The standard InChI is InChI=1S/C49H41N3/c1-4-10-36(11-5-1)38-20-24-43(25-21-38)48-29-34-28-35(30-48)32-49(31-34,33-48)44-26-22-39(23-27-44)37-16-18-42(19-17-37)47-51-45(40-12-6-2-7-13-40)50-46(52-47)41-14-8-3-9-15-41/h1-27,34-35H,28-33H2. The molecule has 0 saturated heterocycles. The summed E-state index contributed by atoms with van der Waals surface area (Å²) in [7, 11) is 0. The van der Waals surface area contributed by atoms with Crippen molar-refractivity contribution in [2.45, 2.75) is 49.4 Å². The zero-order valence-electron chi connectivity index (χ0n) is 29.3. The molecular formula is C49H41N3. The van der Waals surface area contributed by atoms with Crippen LogP contribution in [-0.2, 0) is 10.8 Å². The van der Waals surface area contributed by atoms with E-state index in [1.54, 1.807) is 11.1 Å². The molecule has 11 rings (SSSR count). The average Bonchev–Trinajstić information content (AvgIpc) is 3.21. The van der Waals surface area contributed by atoms with E-state index in [2.05, 4.69) is 103 Å². The molecule has 2 atom stereocenters. The molecular weight excluding hydrogens is 631 g/mol. The number of rotatable bonds is 7. The molecule has 0 spiro atoms. The molecule has 6 aromatic carbocycles. The average molecular weight is 672 g/mol. The summed E-state index contributed by atoms with van der Waals surface area (Å²) >= 11 is 0. The van der Waals surface area contributed by atoms with Crippen LogP contribution in [0.25, 0.3) is 56.4 Å². The third kappa shape index (κ3) is 5.56. The number of benzene rings is 6. The maximum absolute atomic E-state index is 4.93. The Morgan fingerprint density at radius 2 is 0.615 bits per heavy atom. The first kappa shape index (κ1) is 31.1. The molecule has 7 aromatic rings. The van der Waals surface area contributed by atoms with Gasteiger partial charge in [-0.05, 0) is 94.6 Å². The summed E-state index contributed by atoms with van der Waals surface area (Å²) in [4.78, 5) is 14.7. The van der Waals surface area contributed by atoms with Gasteiger partial charge in [0, 0.05) is 16.7 Å². The van der Waals surface area contributed by atoms with E-state index in [1.165, 1.54) is 60.8 Å². The van der Waals surface area contributed by atoms with E-state index in [-0.39, 0.29) is 5.41 Å². The van der Waals surface area contributed by atoms with Gasteiger partial charge in [0.15, 0.2) is 17.5 Å². The number of aromatic nitrogens is 3. The van der Waals surface area contributed by atoms with Crippen LogP contribution >= 0.6 is 0 Å². The van der Waals surface area contributed by atoms with Gasteiger partial charge in [0.1, 0.15) is 0 Å². The highest BCUT2D eigenvalue weighted by atomic mass is 15.0. The topological polar surface area (TPSA) is 38.7 Å². The van der Waals surface area contributed by atoms with Gasteiger partial charge in [-0.3, -0.25) is 0 Å². The minimum Gasteiger partial charge on any atom is -0.208 e. The Bertz CT molecular complexity index is 2260.